The maximum absolute atomic E-state index is 10.8. The molecule has 0 aromatic heterocycles. The number of hydrogen-bond donors (Lipinski definition) is 2. The Labute approximate surface area is 59.2 Å². The lowest BCUT2D eigenvalue weighted by atomic mass is 10.0. The SMILES string of the molecule is CCC1NNC(=O)C1C#N. The molecule has 1 heterocycles. The fraction of sp³-hybridized carbons (Fsp3) is 0.667. The summed E-state index contributed by atoms with van der Waals surface area (Å²) < 4.78 is 0. The highest BCUT2D eigenvalue weighted by molar-refractivity contribution is 5.83. The minimum atomic E-state index is -0.509. The maximum Gasteiger partial charge on any atom is 0.253 e. The van der Waals surface area contributed by atoms with E-state index >= 15 is 0 Å². The van der Waals surface area contributed by atoms with Crippen molar-refractivity contribution < 1.29 is 4.79 Å². The predicted molar refractivity (Wildman–Crippen MR) is 34.5 cm³/mol. The predicted octanol–water partition coefficient (Wildman–Crippen LogP) is -0.461. The Morgan fingerprint density at radius 3 is 2.90 bits per heavy atom. The average molecular weight is 139 g/mol. The summed E-state index contributed by atoms with van der Waals surface area (Å²) in [5, 5.41) is 8.49. The molecule has 1 amide bonds. The van der Waals surface area contributed by atoms with Gasteiger partial charge in [-0.05, 0) is 6.42 Å². The van der Waals surface area contributed by atoms with E-state index < -0.39 is 5.92 Å². The number of nitrogens with one attached hydrogen (secondary N) is 2. The Morgan fingerprint density at radius 1 is 1.80 bits per heavy atom. The van der Waals surface area contributed by atoms with Crippen molar-refractivity contribution in [1.82, 2.24) is 10.9 Å². The number of carbonyl (C=O) groups is 1. The number of hydrazine groups is 1. The van der Waals surface area contributed by atoms with Crippen molar-refractivity contribution in [3.05, 3.63) is 0 Å². The second kappa shape index (κ2) is 2.67. The van der Waals surface area contributed by atoms with Crippen LogP contribution in [0.2, 0.25) is 0 Å². The first-order valence-corrected chi connectivity index (χ1v) is 3.24. The van der Waals surface area contributed by atoms with Crippen LogP contribution in [0, 0.1) is 17.2 Å². The van der Waals surface area contributed by atoms with Gasteiger partial charge in [-0.25, -0.2) is 5.43 Å². The molecule has 0 aromatic rings. The van der Waals surface area contributed by atoms with Crippen molar-refractivity contribution in [2.45, 2.75) is 19.4 Å². The van der Waals surface area contributed by atoms with Crippen LogP contribution in [-0.2, 0) is 4.79 Å². The van der Waals surface area contributed by atoms with Crippen LogP contribution < -0.4 is 10.9 Å². The van der Waals surface area contributed by atoms with Crippen LogP contribution >= 0.6 is 0 Å². The molecule has 4 heteroatoms. The molecule has 2 unspecified atom stereocenters. The number of carbonyl (C=O) groups excluding carboxylic acids is 1. The van der Waals surface area contributed by atoms with E-state index in [1.54, 1.807) is 0 Å². The quantitative estimate of drug-likeness (QED) is 0.516. The smallest absolute Gasteiger partial charge is 0.253 e. The molecular weight excluding hydrogens is 130 g/mol. The van der Waals surface area contributed by atoms with Gasteiger partial charge in [0.25, 0.3) is 5.91 Å². The van der Waals surface area contributed by atoms with Crippen molar-refractivity contribution in [2.24, 2.45) is 5.92 Å². The zero-order valence-corrected chi connectivity index (χ0v) is 5.72. The number of nitriles is 1. The topological polar surface area (TPSA) is 64.9 Å². The van der Waals surface area contributed by atoms with Gasteiger partial charge in [-0.3, -0.25) is 10.2 Å². The highest BCUT2D eigenvalue weighted by Gasteiger charge is 2.32. The van der Waals surface area contributed by atoms with Gasteiger partial charge in [0.1, 0.15) is 5.92 Å². The Hall–Kier alpha value is -1.08. The van der Waals surface area contributed by atoms with Crippen LogP contribution in [0.1, 0.15) is 13.3 Å². The molecular formula is C6H9N3O. The number of nitrogens with zero attached hydrogens (tertiary/aromatic N) is 1. The van der Waals surface area contributed by atoms with Gasteiger partial charge in [-0.2, -0.15) is 5.26 Å². The van der Waals surface area contributed by atoms with Gasteiger partial charge in [0, 0.05) is 0 Å². The fourth-order valence-electron chi connectivity index (χ4n) is 0.994. The molecule has 0 aliphatic carbocycles. The summed E-state index contributed by atoms with van der Waals surface area (Å²) in [7, 11) is 0. The standard InChI is InChI=1S/C6H9N3O/c1-2-5-4(3-7)6(10)9-8-5/h4-5,8H,2H2,1H3,(H,9,10). The monoisotopic (exact) mass is 139 g/mol. The third-order valence-corrected chi connectivity index (χ3v) is 1.64. The lowest BCUT2D eigenvalue weighted by molar-refractivity contribution is -0.121. The van der Waals surface area contributed by atoms with E-state index in [4.69, 9.17) is 5.26 Å². The average Bonchev–Trinajstić information content (AvgIpc) is 2.30. The second-order valence-corrected chi connectivity index (χ2v) is 2.26. The van der Waals surface area contributed by atoms with Crippen molar-refractivity contribution in [1.29, 1.82) is 5.26 Å². The zero-order chi connectivity index (χ0) is 7.56. The van der Waals surface area contributed by atoms with E-state index in [9.17, 15) is 4.79 Å². The fourth-order valence-corrected chi connectivity index (χ4v) is 0.994. The molecule has 1 rings (SSSR count). The maximum atomic E-state index is 10.8. The molecule has 0 saturated carbocycles. The number of amides is 1. The van der Waals surface area contributed by atoms with Gasteiger partial charge < -0.3 is 0 Å². The molecule has 2 N–H and O–H groups in total. The van der Waals surface area contributed by atoms with Crippen LogP contribution in [-0.4, -0.2) is 11.9 Å². The molecule has 0 spiro atoms. The molecule has 1 aliphatic rings. The van der Waals surface area contributed by atoms with Crippen molar-refractivity contribution in [3.63, 3.8) is 0 Å². The molecule has 4 nitrogen and oxygen atoms in total. The Morgan fingerprint density at radius 2 is 2.50 bits per heavy atom. The lowest BCUT2D eigenvalue weighted by Gasteiger charge is -2.05. The highest BCUT2D eigenvalue weighted by atomic mass is 16.2. The summed E-state index contributed by atoms with van der Waals surface area (Å²) in [4.78, 5) is 10.8. The Bertz CT molecular complexity index is 184. The van der Waals surface area contributed by atoms with E-state index in [2.05, 4.69) is 10.9 Å². The summed E-state index contributed by atoms with van der Waals surface area (Å²) in [5.41, 5.74) is 5.15. The molecule has 0 radical (unpaired) electrons. The van der Waals surface area contributed by atoms with E-state index in [-0.39, 0.29) is 11.9 Å². The zero-order valence-electron chi connectivity index (χ0n) is 5.72. The number of hydrogen-bond acceptors (Lipinski definition) is 3. The van der Waals surface area contributed by atoms with Crippen LogP contribution in [0.3, 0.4) is 0 Å². The van der Waals surface area contributed by atoms with Crippen LogP contribution in [0.5, 0.6) is 0 Å². The lowest BCUT2D eigenvalue weighted by Crippen LogP contribution is -2.31. The first-order chi connectivity index (χ1) is 4.79. The molecule has 10 heavy (non-hydrogen) atoms. The third kappa shape index (κ3) is 0.957. The molecule has 54 valence electrons. The summed E-state index contributed by atoms with van der Waals surface area (Å²) >= 11 is 0. The molecule has 2 atom stereocenters. The van der Waals surface area contributed by atoms with Crippen molar-refractivity contribution in [3.8, 4) is 6.07 Å². The van der Waals surface area contributed by atoms with E-state index in [0.29, 0.717) is 0 Å². The molecule has 0 aromatic carbocycles. The Kier molecular flexibility index (Phi) is 1.88. The van der Waals surface area contributed by atoms with Gasteiger partial charge in [-0.1, -0.05) is 6.92 Å². The highest BCUT2D eigenvalue weighted by Crippen LogP contribution is 2.10. The number of rotatable bonds is 1. The summed E-state index contributed by atoms with van der Waals surface area (Å²) in [6.45, 7) is 1.93. The summed E-state index contributed by atoms with van der Waals surface area (Å²) in [5.74, 6) is -0.723. The van der Waals surface area contributed by atoms with Crippen LogP contribution in [0.25, 0.3) is 0 Å². The molecule has 1 aliphatic heterocycles. The van der Waals surface area contributed by atoms with Crippen molar-refractivity contribution >= 4 is 5.91 Å². The largest absolute Gasteiger partial charge is 0.290 e. The minimum Gasteiger partial charge on any atom is -0.290 e. The molecule has 1 saturated heterocycles. The van der Waals surface area contributed by atoms with Crippen LogP contribution in [0.4, 0.5) is 0 Å². The Balaban J connectivity index is 2.65. The van der Waals surface area contributed by atoms with Gasteiger partial charge in [0.15, 0.2) is 0 Å². The summed E-state index contributed by atoms with van der Waals surface area (Å²) in [6, 6.07) is 1.92. The van der Waals surface area contributed by atoms with Crippen LogP contribution in [0.15, 0.2) is 0 Å². The van der Waals surface area contributed by atoms with E-state index in [0.717, 1.165) is 6.42 Å². The first kappa shape index (κ1) is 7.03. The van der Waals surface area contributed by atoms with E-state index in [1.165, 1.54) is 0 Å². The third-order valence-electron chi connectivity index (χ3n) is 1.64. The second-order valence-electron chi connectivity index (χ2n) is 2.26. The van der Waals surface area contributed by atoms with Gasteiger partial charge >= 0.3 is 0 Å². The molecule has 0 bridgehead atoms. The van der Waals surface area contributed by atoms with Gasteiger partial charge in [0.2, 0.25) is 0 Å². The molecule has 1 fully saturated rings. The normalized spacial score (nSPS) is 31.4. The van der Waals surface area contributed by atoms with Gasteiger partial charge in [0.05, 0.1) is 12.1 Å². The van der Waals surface area contributed by atoms with Gasteiger partial charge in [-0.15, -0.1) is 0 Å². The minimum absolute atomic E-state index is 0.0162. The summed E-state index contributed by atoms with van der Waals surface area (Å²) in [6.07, 6.45) is 0.789. The van der Waals surface area contributed by atoms with E-state index in [1.807, 2.05) is 13.0 Å². The first-order valence-electron chi connectivity index (χ1n) is 3.24. The van der Waals surface area contributed by atoms with Crippen molar-refractivity contribution in [2.75, 3.05) is 0 Å².